The number of amides is 2. The van der Waals surface area contributed by atoms with Crippen molar-refractivity contribution in [3.63, 3.8) is 0 Å². The Hall–Kier alpha value is -1.77. The van der Waals surface area contributed by atoms with E-state index in [9.17, 15) is 4.79 Å². The van der Waals surface area contributed by atoms with E-state index in [-0.39, 0.29) is 18.4 Å². The van der Waals surface area contributed by atoms with Crippen molar-refractivity contribution in [3.8, 4) is 5.75 Å². The number of fused-ring (bicyclic) bond motifs is 3. The summed E-state index contributed by atoms with van der Waals surface area (Å²) >= 11 is 1.84. The fourth-order valence-electron chi connectivity index (χ4n) is 4.36. The molecule has 2 heterocycles. The Kier molecular flexibility index (Phi) is 6.39. The number of anilines is 1. The van der Waals surface area contributed by atoms with E-state index in [1.165, 1.54) is 12.8 Å². The molecule has 5 unspecified atom stereocenters. The number of rotatable bonds is 5. The number of methoxy groups -OCH3 is 1. The molecule has 1 aliphatic carbocycles. The van der Waals surface area contributed by atoms with E-state index < -0.39 is 0 Å². The highest BCUT2D eigenvalue weighted by Gasteiger charge is 2.40. The van der Waals surface area contributed by atoms with E-state index in [4.69, 9.17) is 9.47 Å². The number of benzene rings is 1. The van der Waals surface area contributed by atoms with Gasteiger partial charge in [-0.05, 0) is 37.8 Å². The second-order valence-electron chi connectivity index (χ2n) is 7.54. The Morgan fingerprint density at radius 3 is 3.11 bits per heavy atom. The van der Waals surface area contributed by atoms with Crippen molar-refractivity contribution in [2.45, 2.75) is 49.3 Å². The van der Waals surface area contributed by atoms with Gasteiger partial charge in [0.1, 0.15) is 12.0 Å². The normalized spacial score (nSPS) is 31.8. The van der Waals surface area contributed by atoms with Crippen LogP contribution < -0.4 is 20.7 Å². The second kappa shape index (κ2) is 9.15. The first-order valence-electron chi connectivity index (χ1n) is 9.96. The average Bonchev–Trinajstić information content (AvgIpc) is 3.08. The maximum absolute atomic E-state index is 12.3. The molecule has 1 saturated carbocycles. The molecule has 3 N–H and O–H groups in total. The Morgan fingerprint density at radius 1 is 1.39 bits per heavy atom. The van der Waals surface area contributed by atoms with Crippen LogP contribution in [0.15, 0.2) is 29.3 Å². The van der Waals surface area contributed by atoms with Gasteiger partial charge in [0.2, 0.25) is 0 Å². The lowest BCUT2D eigenvalue weighted by Gasteiger charge is -2.30. The quantitative estimate of drug-likeness (QED) is 0.703. The highest BCUT2D eigenvalue weighted by molar-refractivity contribution is 8.12. The Bertz CT molecular complexity index is 708. The number of urea groups is 1. The van der Waals surface area contributed by atoms with E-state index in [2.05, 4.69) is 20.9 Å². The first kappa shape index (κ1) is 19.5. The van der Waals surface area contributed by atoms with Crippen LogP contribution in [0.25, 0.3) is 0 Å². The largest absolute Gasteiger partial charge is 0.495 e. The van der Waals surface area contributed by atoms with Crippen LogP contribution in [0.4, 0.5) is 10.5 Å². The minimum Gasteiger partial charge on any atom is -0.495 e. The van der Waals surface area contributed by atoms with Crippen molar-refractivity contribution < 1.29 is 14.3 Å². The number of carbonyl (C=O) groups is 1. The van der Waals surface area contributed by atoms with Crippen LogP contribution in [0.1, 0.15) is 25.7 Å². The van der Waals surface area contributed by atoms with Crippen molar-refractivity contribution >= 4 is 29.0 Å². The van der Waals surface area contributed by atoms with Gasteiger partial charge < -0.3 is 20.1 Å². The molecule has 4 rings (SSSR count). The van der Waals surface area contributed by atoms with Crippen LogP contribution in [0.3, 0.4) is 0 Å². The number of para-hydroxylation sites is 2. The van der Waals surface area contributed by atoms with Gasteiger partial charge in [0.25, 0.3) is 0 Å². The zero-order valence-corrected chi connectivity index (χ0v) is 16.9. The molecule has 2 aliphatic heterocycles. The van der Waals surface area contributed by atoms with E-state index in [0.717, 1.165) is 19.4 Å². The summed E-state index contributed by atoms with van der Waals surface area (Å²) in [7, 11) is 1.59. The molecule has 8 heteroatoms. The number of ether oxygens (including phenoxy) is 2. The third-order valence-electron chi connectivity index (χ3n) is 5.71. The fourth-order valence-corrected chi connectivity index (χ4v) is 5.35. The Balaban J connectivity index is 1.33. The summed E-state index contributed by atoms with van der Waals surface area (Å²) < 4.78 is 11.7. The summed E-state index contributed by atoms with van der Waals surface area (Å²) in [6, 6.07) is 7.53. The summed E-state index contributed by atoms with van der Waals surface area (Å²) in [6.07, 6.45) is 4.61. The molecular weight excluding hydrogens is 376 g/mol. The molecule has 1 aromatic rings. The van der Waals surface area contributed by atoms with Crippen LogP contribution in [0.5, 0.6) is 5.75 Å². The lowest BCUT2D eigenvalue weighted by Crippen LogP contribution is -2.48. The van der Waals surface area contributed by atoms with Crippen LogP contribution in [0.2, 0.25) is 0 Å². The summed E-state index contributed by atoms with van der Waals surface area (Å²) in [6.45, 7) is 1.32. The predicted molar refractivity (Wildman–Crippen MR) is 112 cm³/mol. The van der Waals surface area contributed by atoms with Gasteiger partial charge in [0.05, 0.1) is 37.5 Å². The molecule has 2 bridgehead atoms. The monoisotopic (exact) mass is 404 g/mol. The molecule has 5 atom stereocenters. The molecule has 0 radical (unpaired) electrons. The van der Waals surface area contributed by atoms with E-state index in [1.54, 1.807) is 7.11 Å². The third-order valence-corrected chi connectivity index (χ3v) is 6.83. The molecular formula is C20H28N4O3S. The highest BCUT2D eigenvalue weighted by Crippen LogP contribution is 2.37. The van der Waals surface area contributed by atoms with Crippen LogP contribution in [-0.2, 0) is 4.74 Å². The summed E-state index contributed by atoms with van der Waals surface area (Å²) in [4.78, 5) is 16.8. The molecule has 2 amide bonds. The van der Waals surface area contributed by atoms with Crippen LogP contribution in [0, 0.1) is 5.92 Å². The molecule has 28 heavy (non-hydrogen) atoms. The predicted octanol–water partition coefficient (Wildman–Crippen LogP) is 2.83. The number of hydrogen-bond donors (Lipinski definition) is 3. The number of hydrogen-bond acceptors (Lipinski definition) is 6. The van der Waals surface area contributed by atoms with Crippen molar-refractivity contribution in [2.75, 3.05) is 25.5 Å². The molecule has 2 fully saturated rings. The lowest BCUT2D eigenvalue weighted by molar-refractivity contribution is -0.0493. The van der Waals surface area contributed by atoms with Gasteiger partial charge in [-0.2, -0.15) is 0 Å². The summed E-state index contributed by atoms with van der Waals surface area (Å²) in [5.74, 6) is 1.15. The highest BCUT2D eigenvalue weighted by atomic mass is 32.2. The van der Waals surface area contributed by atoms with Gasteiger partial charge >= 0.3 is 6.03 Å². The van der Waals surface area contributed by atoms with Crippen LogP contribution in [-0.4, -0.2) is 55.4 Å². The minimum absolute atomic E-state index is 0.170. The van der Waals surface area contributed by atoms with Crippen molar-refractivity contribution in [1.29, 1.82) is 0 Å². The van der Waals surface area contributed by atoms with Gasteiger partial charge in [0, 0.05) is 17.2 Å². The topological polar surface area (TPSA) is 84.0 Å². The van der Waals surface area contributed by atoms with Crippen molar-refractivity contribution in [2.24, 2.45) is 10.9 Å². The number of thioether (sulfide) groups is 1. The zero-order chi connectivity index (χ0) is 19.3. The Morgan fingerprint density at radius 2 is 2.29 bits per heavy atom. The first-order valence-corrected chi connectivity index (χ1v) is 10.9. The molecule has 1 saturated heterocycles. The van der Waals surface area contributed by atoms with E-state index in [1.807, 2.05) is 41.6 Å². The minimum atomic E-state index is -0.263. The lowest BCUT2D eigenvalue weighted by atomic mass is 9.92. The van der Waals surface area contributed by atoms with Crippen molar-refractivity contribution in [1.82, 2.24) is 10.6 Å². The molecule has 0 aromatic heterocycles. The standard InChI is InChI=1S/C20H28N4O3S/c1-26-17-7-3-2-6-15(17)24-20(25)22-11-19-23-13-5-4-8-16(27-19)14(9-13)18-10-21-12-28-18/h2-3,6-7,12-14,16,18-19,23H,4-5,8-11H2,1H3,(H2,22,24,25). The van der Waals surface area contributed by atoms with E-state index in [0.29, 0.717) is 35.2 Å². The SMILES string of the molecule is COc1ccccc1NC(=O)NCC1NC2CCCC(O1)C(C1CN=CS1)C2. The maximum atomic E-state index is 12.3. The molecule has 0 spiro atoms. The smallest absolute Gasteiger partial charge is 0.319 e. The van der Waals surface area contributed by atoms with E-state index >= 15 is 0 Å². The van der Waals surface area contributed by atoms with Gasteiger partial charge in [-0.3, -0.25) is 10.3 Å². The molecule has 152 valence electrons. The Labute approximate surface area is 170 Å². The molecule has 7 nitrogen and oxygen atoms in total. The van der Waals surface area contributed by atoms with Gasteiger partial charge in [-0.15, -0.1) is 11.8 Å². The first-order chi connectivity index (χ1) is 13.7. The van der Waals surface area contributed by atoms with Gasteiger partial charge in [-0.25, -0.2) is 4.79 Å². The molecule has 1 aromatic carbocycles. The van der Waals surface area contributed by atoms with Crippen LogP contribution >= 0.6 is 11.8 Å². The van der Waals surface area contributed by atoms with Gasteiger partial charge in [-0.1, -0.05) is 12.1 Å². The molecule has 3 aliphatic rings. The third kappa shape index (κ3) is 4.61. The maximum Gasteiger partial charge on any atom is 0.319 e. The van der Waals surface area contributed by atoms with Gasteiger partial charge in [0.15, 0.2) is 0 Å². The number of carbonyl (C=O) groups excluding carboxylic acids is 1. The summed E-state index contributed by atoms with van der Waals surface area (Å²) in [5.41, 5.74) is 2.63. The zero-order valence-electron chi connectivity index (χ0n) is 16.1. The fraction of sp³-hybridized carbons (Fsp3) is 0.600. The number of aliphatic imine (C=N–C) groups is 1. The number of nitrogens with zero attached hydrogens (tertiary/aromatic N) is 1. The summed E-state index contributed by atoms with van der Waals surface area (Å²) in [5, 5.41) is 9.90. The van der Waals surface area contributed by atoms with Crippen molar-refractivity contribution in [3.05, 3.63) is 24.3 Å². The number of nitrogens with one attached hydrogen (secondary N) is 3. The average molecular weight is 405 g/mol. The second-order valence-corrected chi connectivity index (χ2v) is 8.63.